The molecule has 0 aliphatic carbocycles. The fourth-order valence-electron chi connectivity index (χ4n) is 12.3. The van der Waals surface area contributed by atoms with Crippen LogP contribution in [0, 0.1) is 0 Å². The maximum absolute atomic E-state index is 13.0. The van der Waals surface area contributed by atoms with Gasteiger partial charge in [-0.05, 0) is 57.8 Å². The number of rotatable bonds is 68. The molecule has 6 N–H and O–H groups in total. The first kappa shape index (κ1) is 83.2. The Kier molecular flexibility index (Phi) is 62.7. The van der Waals surface area contributed by atoms with Crippen LogP contribution in [0.15, 0.2) is 24.3 Å². The van der Waals surface area contributed by atoms with E-state index in [9.17, 15) is 35.1 Å². The summed E-state index contributed by atoms with van der Waals surface area (Å²) in [4.78, 5) is 25.1. The molecule has 1 saturated heterocycles. The number of carbonyl (C=O) groups is 2. The van der Waals surface area contributed by atoms with E-state index in [1.807, 2.05) is 6.08 Å². The molecule has 7 atom stereocenters. The molecule has 0 aromatic carbocycles. The van der Waals surface area contributed by atoms with Crippen LogP contribution in [0.5, 0.6) is 0 Å². The number of amides is 1. The number of unbranched alkanes of at least 4 members (excludes halogenated alkanes) is 52. The van der Waals surface area contributed by atoms with Crippen molar-refractivity contribution >= 4 is 11.9 Å². The van der Waals surface area contributed by atoms with Gasteiger partial charge in [-0.3, -0.25) is 9.59 Å². The highest BCUT2D eigenvalue weighted by Crippen LogP contribution is 2.24. The number of ether oxygens (including phenoxy) is 3. The lowest BCUT2D eigenvalue weighted by Crippen LogP contribution is -2.60. The maximum Gasteiger partial charge on any atom is 0.305 e. The Morgan fingerprint density at radius 3 is 1.10 bits per heavy atom. The molecule has 1 amide bonds. The van der Waals surface area contributed by atoms with E-state index in [1.54, 1.807) is 6.08 Å². The van der Waals surface area contributed by atoms with Gasteiger partial charge in [0.1, 0.15) is 24.4 Å². The van der Waals surface area contributed by atoms with Crippen LogP contribution in [0.1, 0.15) is 386 Å². The van der Waals surface area contributed by atoms with Gasteiger partial charge < -0.3 is 45.1 Å². The van der Waals surface area contributed by atoms with Crippen LogP contribution >= 0.6 is 0 Å². The summed E-state index contributed by atoms with van der Waals surface area (Å²) < 4.78 is 16.7. The van der Waals surface area contributed by atoms with E-state index in [-0.39, 0.29) is 18.5 Å². The van der Waals surface area contributed by atoms with E-state index in [0.29, 0.717) is 19.4 Å². The highest BCUT2D eigenvalue weighted by Gasteiger charge is 2.44. The first-order valence-corrected chi connectivity index (χ1v) is 38.1. The van der Waals surface area contributed by atoms with Crippen molar-refractivity contribution in [3.63, 3.8) is 0 Å². The molecule has 0 saturated carbocycles. The molecule has 1 rings (SSSR count). The van der Waals surface area contributed by atoms with Crippen molar-refractivity contribution in [2.75, 3.05) is 19.8 Å². The fourth-order valence-corrected chi connectivity index (χ4v) is 12.3. The normalized spacial score (nSPS) is 17.9. The van der Waals surface area contributed by atoms with E-state index in [1.165, 1.54) is 308 Å². The molecule has 11 heteroatoms. The molecule has 0 radical (unpaired) electrons. The third-order valence-corrected chi connectivity index (χ3v) is 18.3. The number of esters is 1. The van der Waals surface area contributed by atoms with Crippen molar-refractivity contribution in [1.29, 1.82) is 0 Å². The van der Waals surface area contributed by atoms with Crippen LogP contribution in [0.2, 0.25) is 0 Å². The van der Waals surface area contributed by atoms with Gasteiger partial charge in [0.2, 0.25) is 5.91 Å². The summed E-state index contributed by atoms with van der Waals surface area (Å²) in [5, 5.41) is 54.3. The lowest BCUT2D eigenvalue weighted by Gasteiger charge is -2.40. The molecular weight excluding hydrogens is 1090 g/mol. The van der Waals surface area contributed by atoms with Gasteiger partial charge in [-0.15, -0.1) is 0 Å². The minimum absolute atomic E-state index is 0.0174. The smallest absolute Gasteiger partial charge is 0.305 e. The SMILES string of the molecule is CCCCCCCCC/C=C/C(O)C(COC1OC(CO)C(O)C(O)C1O)NC(=O)CCCCCCCCCCCCCCCCCCC/C=C\CCCCCCCCCCCCCCCCCCOC(=O)CCCCCCCCCCCCCCC. The Labute approximate surface area is 537 Å². The van der Waals surface area contributed by atoms with Gasteiger partial charge >= 0.3 is 5.97 Å². The second kappa shape index (κ2) is 65.6. The minimum Gasteiger partial charge on any atom is -0.466 e. The number of carbonyl (C=O) groups excluding carboxylic acids is 2. The summed E-state index contributed by atoms with van der Waals surface area (Å²) in [6.07, 6.45) is 73.6. The molecule has 514 valence electrons. The summed E-state index contributed by atoms with van der Waals surface area (Å²) in [5.41, 5.74) is 0. The van der Waals surface area contributed by atoms with Gasteiger partial charge in [-0.25, -0.2) is 0 Å². The lowest BCUT2D eigenvalue weighted by molar-refractivity contribution is -0.302. The third kappa shape index (κ3) is 54.4. The van der Waals surface area contributed by atoms with Crippen LogP contribution in [0.25, 0.3) is 0 Å². The van der Waals surface area contributed by atoms with E-state index in [2.05, 4.69) is 31.3 Å². The predicted molar refractivity (Wildman–Crippen MR) is 366 cm³/mol. The van der Waals surface area contributed by atoms with E-state index in [4.69, 9.17) is 14.2 Å². The van der Waals surface area contributed by atoms with Crippen molar-refractivity contribution in [1.82, 2.24) is 5.32 Å². The van der Waals surface area contributed by atoms with Gasteiger partial charge in [0.25, 0.3) is 0 Å². The monoisotopic (exact) mass is 1230 g/mol. The number of nitrogens with one attached hydrogen (secondary N) is 1. The second-order valence-corrected chi connectivity index (χ2v) is 26.7. The number of hydrogen-bond donors (Lipinski definition) is 6. The summed E-state index contributed by atoms with van der Waals surface area (Å²) in [7, 11) is 0. The molecule has 1 fully saturated rings. The predicted octanol–water partition coefficient (Wildman–Crippen LogP) is 20.0. The van der Waals surface area contributed by atoms with Crippen molar-refractivity contribution in [2.45, 2.75) is 429 Å². The Morgan fingerprint density at radius 1 is 0.414 bits per heavy atom. The molecule has 1 heterocycles. The van der Waals surface area contributed by atoms with Crippen LogP contribution in [-0.2, 0) is 23.8 Å². The maximum atomic E-state index is 13.0. The highest BCUT2D eigenvalue weighted by molar-refractivity contribution is 5.76. The number of aliphatic hydroxyl groups excluding tert-OH is 5. The number of aliphatic hydroxyl groups is 5. The molecule has 0 aromatic heterocycles. The number of allylic oxidation sites excluding steroid dienone is 3. The minimum atomic E-state index is -1.57. The fraction of sp³-hybridized carbons (Fsp3) is 0.921. The zero-order valence-corrected chi connectivity index (χ0v) is 57.3. The third-order valence-electron chi connectivity index (χ3n) is 18.3. The number of hydrogen-bond acceptors (Lipinski definition) is 10. The Bertz CT molecular complexity index is 1490. The largest absolute Gasteiger partial charge is 0.466 e. The van der Waals surface area contributed by atoms with E-state index < -0.39 is 49.5 Å². The molecule has 1 aliphatic heterocycles. The Morgan fingerprint density at radius 2 is 0.736 bits per heavy atom. The molecule has 7 unspecified atom stereocenters. The topological polar surface area (TPSA) is 175 Å². The molecule has 87 heavy (non-hydrogen) atoms. The molecular formula is C76H145NO10. The van der Waals surface area contributed by atoms with Gasteiger partial charge in [0.05, 0.1) is 32.0 Å². The van der Waals surface area contributed by atoms with E-state index >= 15 is 0 Å². The molecule has 0 spiro atoms. The molecule has 11 nitrogen and oxygen atoms in total. The summed E-state index contributed by atoms with van der Waals surface area (Å²) >= 11 is 0. The first-order valence-electron chi connectivity index (χ1n) is 38.1. The Balaban J connectivity index is 1.87. The zero-order valence-electron chi connectivity index (χ0n) is 57.3. The van der Waals surface area contributed by atoms with Crippen LogP contribution in [0.3, 0.4) is 0 Å². The van der Waals surface area contributed by atoms with Crippen molar-refractivity contribution in [3.05, 3.63) is 24.3 Å². The summed E-state index contributed by atoms with van der Waals surface area (Å²) in [6.45, 7) is 4.36. The van der Waals surface area contributed by atoms with E-state index in [0.717, 1.165) is 51.4 Å². The lowest BCUT2D eigenvalue weighted by atomic mass is 9.99. The molecule has 1 aliphatic rings. The van der Waals surface area contributed by atoms with Crippen LogP contribution in [0.4, 0.5) is 0 Å². The van der Waals surface area contributed by atoms with Crippen molar-refractivity contribution < 1.29 is 49.3 Å². The molecule has 0 bridgehead atoms. The first-order chi connectivity index (χ1) is 42.7. The quantitative estimate of drug-likeness (QED) is 0.0195. The summed E-state index contributed by atoms with van der Waals surface area (Å²) in [6, 6.07) is -0.805. The highest BCUT2D eigenvalue weighted by atomic mass is 16.7. The average molecular weight is 1230 g/mol. The van der Waals surface area contributed by atoms with Gasteiger partial charge in [0, 0.05) is 12.8 Å². The average Bonchev–Trinajstić information content (AvgIpc) is 1.99. The van der Waals surface area contributed by atoms with Crippen LogP contribution < -0.4 is 5.32 Å². The van der Waals surface area contributed by atoms with Crippen molar-refractivity contribution in [3.8, 4) is 0 Å². The van der Waals surface area contributed by atoms with Gasteiger partial charge in [-0.2, -0.15) is 0 Å². The van der Waals surface area contributed by atoms with Crippen LogP contribution in [-0.4, -0.2) is 100 Å². The second-order valence-electron chi connectivity index (χ2n) is 26.7. The Hall–Kier alpha value is -1.86. The molecule has 0 aromatic rings. The zero-order chi connectivity index (χ0) is 63.0. The summed E-state index contributed by atoms with van der Waals surface area (Å²) in [5.74, 6) is -0.160. The van der Waals surface area contributed by atoms with Crippen molar-refractivity contribution in [2.24, 2.45) is 0 Å². The van der Waals surface area contributed by atoms with Gasteiger partial charge in [-0.1, -0.05) is 340 Å². The standard InChI is InChI=1S/C76H145NO10/c1-3-5-7-9-11-13-14-40-44-48-52-56-60-64-72(81)85-65-61-57-53-49-45-42-39-37-35-33-31-29-27-25-23-21-19-17-15-16-18-20-22-24-26-28-30-32-34-36-38-41-43-47-51-55-59-63-71(80)77-68(69(79)62-58-54-50-46-12-10-8-6-4-2)67-86-76-75(84)74(83)73(82)70(66-78)87-76/h15,17,58,62,68-70,73-76,78-79,82-84H,3-14,16,18-57,59-61,63-67H2,1-2H3,(H,77,80)/b17-15-,62-58+. The van der Waals surface area contributed by atoms with Gasteiger partial charge in [0.15, 0.2) is 6.29 Å².